The van der Waals surface area contributed by atoms with Gasteiger partial charge in [-0.3, -0.25) is 0 Å². The van der Waals surface area contributed by atoms with Gasteiger partial charge in [0.25, 0.3) is 0 Å². The van der Waals surface area contributed by atoms with Gasteiger partial charge in [-0.05, 0) is 32.1 Å². The summed E-state index contributed by atoms with van der Waals surface area (Å²) >= 11 is 0. The Bertz CT molecular complexity index is 669. The molecule has 10 heteroatoms. The fraction of sp³-hybridized carbons (Fsp3) is 0.900. The molecule has 0 amide bonds. The lowest BCUT2D eigenvalue weighted by molar-refractivity contribution is 0.537. The second kappa shape index (κ2) is 17.5. The number of nitriles is 2. The van der Waals surface area contributed by atoms with Crippen LogP contribution in [0.15, 0.2) is 0 Å². The zero-order valence-electron chi connectivity index (χ0n) is 18.2. The van der Waals surface area contributed by atoms with E-state index in [9.17, 15) is 16.8 Å². The van der Waals surface area contributed by atoms with Gasteiger partial charge >= 0.3 is 0 Å². The van der Waals surface area contributed by atoms with Gasteiger partial charge in [0.2, 0.25) is 20.0 Å². The fourth-order valence-electron chi connectivity index (χ4n) is 3.02. The van der Waals surface area contributed by atoms with Crippen molar-refractivity contribution in [1.82, 2.24) is 9.44 Å². The third kappa shape index (κ3) is 13.9. The molecule has 2 N–H and O–H groups in total. The molecule has 0 spiro atoms. The molecule has 0 aliphatic rings. The number of nitrogens with zero attached hydrogens (tertiary/aromatic N) is 2. The van der Waals surface area contributed by atoms with Crippen molar-refractivity contribution in [2.75, 3.05) is 13.1 Å². The van der Waals surface area contributed by atoms with E-state index in [2.05, 4.69) is 16.4 Å². The maximum atomic E-state index is 12.7. The molecule has 0 aliphatic heterocycles. The van der Waals surface area contributed by atoms with Crippen molar-refractivity contribution >= 4 is 20.0 Å². The lowest BCUT2D eigenvalue weighted by Crippen LogP contribution is -2.45. The van der Waals surface area contributed by atoms with Crippen LogP contribution in [-0.4, -0.2) is 34.5 Å². The number of hydrogen-bond donors (Lipinski definition) is 2. The van der Waals surface area contributed by atoms with E-state index in [1.807, 2.05) is 12.1 Å². The molecule has 0 fully saturated rings. The van der Waals surface area contributed by atoms with Crippen molar-refractivity contribution in [3.05, 3.63) is 0 Å². The van der Waals surface area contributed by atoms with Gasteiger partial charge < -0.3 is 0 Å². The van der Waals surface area contributed by atoms with Crippen LogP contribution in [0.5, 0.6) is 0 Å². The number of sulfonamides is 2. The first-order valence-electron chi connectivity index (χ1n) is 11.0. The van der Waals surface area contributed by atoms with E-state index in [1.165, 1.54) is 0 Å². The summed E-state index contributed by atoms with van der Waals surface area (Å²) in [5, 5.41) is 17.1. The molecule has 0 rings (SSSR count). The Labute approximate surface area is 183 Å². The van der Waals surface area contributed by atoms with Crippen molar-refractivity contribution in [1.29, 1.82) is 10.5 Å². The molecule has 0 heterocycles. The van der Waals surface area contributed by atoms with Crippen LogP contribution in [0, 0.1) is 22.7 Å². The van der Waals surface area contributed by atoms with Gasteiger partial charge in [-0.15, -0.1) is 0 Å². The van der Waals surface area contributed by atoms with Crippen LogP contribution in [0.2, 0.25) is 0 Å². The summed E-state index contributed by atoms with van der Waals surface area (Å²) < 4.78 is 54.4. The Kier molecular flexibility index (Phi) is 16.8. The molecule has 8 nitrogen and oxygen atoms in total. The Morgan fingerprint density at radius 2 is 1.10 bits per heavy atom. The van der Waals surface area contributed by atoms with E-state index >= 15 is 0 Å². The minimum absolute atomic E-state index is 0.0667. The van der Waals surface area contributed by atoms with Gasteiger partial charge in [-0.25, -0.2) is 26.3 Å². The minimum Gasteiger partial charge on any atom is -0.214 e. The molecular weight excluding hydrogens is 424 g/mol. The smallest absolute Gasteiger partial charge is 0.214 e. The van der Waals surface area contributed by atoms with Crippen molar-refractivity contribution in [3.8, 4) is 12.1 Å². The van der Waals surface area contributed by atoms with Gasteiger partial charge in [0.05, 0.1) is 12.1 Å². The third-order valence-electron chi connectivity index (χ3n) is 4.77. The Hall–Kier alpha value is -1.20. The highest BCUT2D eigenvalue weighted by Gasteiger charge is 2.36. The molecule has 0 aromatic carbocycles. The standard InChI is InChI=1S/C20H38N4O4S2/c1-2-3-4-5-10-15-20(29(25,26)23-18-13-8-6-11-16-21)30(27,28)24-19-14-9-7-12-17-22/h20,23-24H,2-15,18-19H2,1H3. The van der Waals surface area contributed by atoms with Crippen LogP contribution in [0.1, 0.15) is 96.8 Å². The second-order valence-corrected chi connectivity index (χ2v) is 11.6. The van der Waals surface area contributed by atoms with E-state index in [4.69, 9.17) is 10.5 Å². The SMILES string of the molecule is CCCCCCCC(S(=O)(=O)NCCCCCC#N)S(=O)(=O)NCCCCCC#N. The largest absolute Gasteiger partial charge is 0.230 e. The molecule has 0 aromatic rings. The fourth-order valence-corrected chi connectivity index (χ4v) is 6.94. The summed E-state index contributed by atoms with van der Waals surface area (Å²) in [7, 11) is -8.05. The van der Waals surface area contributed by atoms with Crippen LogP contribution in [-0.2, 0) is 20.0 Å². The molecule has 0 atom stereocenters. The minimum atomic E-state index is -4.03. The zero-order valence-corrected chi connectivity index (χ0v) is 19.9. The molecule has 0 aliphatic carbocycles. The Balaban J connectivity index is 4.84. The number of nitrogens with one attached hydrogen (secondary N) is 2. The first kappa shape index (κ1) is 28.8. The highest BCUT2D eigenvalue weighted by atomic mass is 32.3. The average Bonchev–Trinajstić information content (AvgIpc) is 2.69. The van der Waals surface area contributed by atoms with Crippen molar-refractivity contribution < 1.29 is 16.8 Å². The summed E-state index contributed by atoms with van der Waals surface area (Å²) in [5.74, 6) is 0. The molecular formula is C20H38N4O4S2. The number of rotatable bonds is 20. The maximum absolute atomic E-state index is 12.7. The topological polar surface area (TPSA) is 140 Å². The van der Waals surface area contributed by atoms with E-state index in [1.54, 1.807) is 0 Å². The highest BCUT2D eigenvalue weighted by molar-refractivity contribution is 8.07. The summed E-state index contributed by atoms with van der Waals surface area (Å²) in [5.41, 5.74) is 0. The van der Waals surface area contributed by atoms with Crippen LogP contribution in [0.4, 0.5) is 0 Å². The Morgan fingerprint density at radius 3 is 1.53 bits per heavy atom. The lowest BCUT2D eigenvalue weighted by Gasteiger charge is -2.19. The van der Waals surface area contributed by atoms with Crippen LogP contribution in [0.3, 0.4) is 0 Å². The summed E-state index contributed by atoms with van der Waals surface area (Å²) in [6.07, 6.45) is 9.29. The molecule has 0 saturated carbocycles. The first-order chi connectivity index (χ1) is 14.3. The average molecular weight is 463 g/mol. The lowest BCUT2D eigenvalue weighted by atomic mass is 10.1. The van der Waals surface area contributed by atoms with Gasteiger partial charge in [0.1, 0.15) is 0 Å². The monoisotopic (exact) mass is 462 g/mol. The molecule has 0 bridgehead atoms. The van der Waals surface area contributed by atoms with Crippen LogP contribution >= 0.6 is 0 Å². The van der Waals surface area contributed by atoms with Gasteiger partial charge in [-0.2, -0.15) is 10.5 Å². The van der Waals surface area contributed by atoms with Crippen molar-refractivity contribution in [2.24, 2.45) is 0 Å². The van der Waals surface area contributed by atoms with Crippen LogP contribution < -0.4 is 9.44 Å². The second-order valence-electron chi connectivity index (χ2n) is 7.45. The highest BCUT2D eigenvalue weighted by Crippen LogP contribution is 2.17. The Morgan fingerprint density at radius 1 is 0.667 bits per heavy atom. The van der Waals surface area contributed by atoms with Crippen LogP contribution in [0.25, 0.3) is 0 Å². The molecule has 174 valence electrons. The summed E-state index contributed by atoms with van der Waals surface area (Å²) in [6.45, 7) is 2.42. The molecule has 0 aromatic heterocycles. The molecule has 30 heavy (non-hydrogen) atoms. The van der Waals surface area contributed by atoms with E-state index < -0.39 is 24.6 Å². The van der Waals surface area contributed by atoms with E-state index in [-0.39, 0.29) is 19.5 Å². The number of unbranched alkanes of at least 4 members (excludes halogenated alkanes) is 10. The molecule has 0 saturated heterocycles. The van der Waals surface area contributed by atoms with E-state index in [0.29, 0.717) is 57.8 Å². The predicted molar refractivity (Wildman–Crippen MR) is 119 cm³/mol. The van der Waals surface area contributed by atoms with Crippen molar-refractivity contribution in [2.45, 2.75) is 101 Å². The first-order valence-corrected chi connectivity index (χ1v) is 14.1. The maximum Gasteiger partial charge on any atom is 0.230 e. The van der Waals surface area contributed by atoms with Gasteiger partial charge in [0.15, 0.2) is 4.58 Å². The van der Waals surface area contributed by atoms with E-state index in [0.717, 1.165) is 25.7 Å². The van der Waals surface area contributed by atoms with Crippen molar-refractivity contribution in [3.63, 3.8) is 0 Å². The number of hydrogen-bond acceptors (Lipinski definition) is 6. The van der Waals surface area contributed by atoms with Gasteiger partial charge in [0, 0.05) is 25.9 Å². The zero-order chi connectivity index (χ0) is 22.7. The predicted octanol–water partition coefficient (Wildman–Crippen LogP) is 3.68. The van der Waals surface area contributed by atoms with Gasteiger partial charge in [-0.1, -0.05) is 51.9 Å². The summed E-state index contributed by atoms with van der Waals surface area (Å²) in [6, 6.07) is 4.09. The quantitative estimate of drug-likeness (QED) is 0.264. The molecule has 0 radical (unpaired) electrons. The normalized spacial score (nSPS) is 12.0. The third-order valence-corrected chi connectivity index (χ3v) is 9.36. The molecule has 0 unspecified atom stereocenters. The summed E-state index contributed by atoms with van der Waals surface area (Å²) in [4.78, 5) is 0.